The molecule has 9 nitrogen and oxygen atoms in total. The van der Waals surface area contributed by atoms with E-state index < -0.39 is 33.2 Å². The van der Waals surface area contributed by atoms with Crippen LogP contribution in [0.3, 0.4) is 0 Å². The average molecular weight is 526 g/mol. The Hall–Kier alpha value is -3.78. The van der Waals surface area contributed by atoms with Crippen molar-refractivity contribution in [2.24, 2.45) is 0 Å². The van der Waals surface area contributed by atoms with Gasteiger partial charge in [-0.1, -0.05) is 30.3 Å². The molecule has 36 heavy (non-hydrogen) atoms. The Morgan fingerprint density at radius 3 is 2.33 bits per heavy atom. The summed E-state index contributed by atoms with van der Waals surface area (Å²) in [4.78, 5) is 22.2. The number of aliphatic hydroxyl groups is 1. The number of β-amino-alcohol motifs (C(OH)–C–C–N with tert-alkyl or cyclic N) is 1. The predicted molar refractivity (Wildman–Crippen MR) is 120 cm³/mol. The number of hydrogen-bond acceptors (Lipinski definition) is 8. The molecule has 3 aromatic rings. The van der Waals surface area contributed by atoms with E-state index in [-0.39, 0.29) is 24.9 Å². The molecule has 0 saturated carbocycles. The standard InChI is InChI=1S/C22H18F4N4O5S/c23-16-5-3-15(4-6-16)18-9-10-29(12-19(18)31)20-27-13-30(21(32)28-20)11-14-1-7-17(8-2-14)35-36(33,34)22(24,25)26/h1-9,13,19,31H,10-12H2. The fourth-order valence-electron chi connectivity index (χ4n) is 3.47. The fourth-order valence-corrected chi connectivity index (χ4v) is 3.93. The van der Waals surface area contributed by atoms with E-state index in [1.807, 2.05) is 0 Å². The molecule has 0 radical (unpaired) electrons. The van der Waals surface area contributed by atoms with Crippen LogP contribution in [-0.2, 0) is 16.7 Å². The van der Waals surface area contributed by atoms with Crippen molar-refractivity contribution in [1.29, 1.82) is 0 Å². The zero-order valence-corrected chi connectivity index (χ0v) is 19.1. The molecule has 1 aliphatic heterocycles. The van der Waals surface area contributed by atoms with Crippen LogP contribution >= 0.6 is 0 Å². The summed E-state index contributed by atoms with van der Waals surface area (Å²) in [6, 6.07) is 10.4. The van der Waals surface area contributed by atoms with Gasteiger partial charge >= 0.3 is 21.3 Å². The topological polar surface area (TPSA) is 115 Å². The highest BCUT2D eigenvalue weighted by atomic mass is 32.2. The number of nitrogens with zero attached hydrogens (tertiary/aromatic N) is 4. The number of hydrogen-bond donors (Lipinski definition) is 1. The molecule has 0 amide bonds. The molecule has 4 rings (SSSR count). The smallest absolute Gasteiger partial charge is 0.387 e. The van der Waals surface area contributed by atoms with Crippen molar-refractivity contribution in [2.45, 2.75) is 18.2 Å². The minimum Gasteiger partial charge on any atom is -0.387 e. The second-order valence-electron chi connectivity index (χ2n) is 7.78. The molecule has 0 bridgehead atoms. The molecule has 0 saturated heterocycles. The van der Waals surface area contributed by atoms with Crippen LogP contribution in [-0.4, -0.2) is 52.8 Å². The van der Waals surface area contributed by atoms with Gasteiger partial charge < -0.3 is 14.2 Å². The molecule has 0 aliphatic carbocycles. The van der Waals surface area contributed by atoms with Crippen molar-refractivity contribution in [3.63, 3.8) is 0 Å². The summed E-state index contributed by atoms with van der Waals surface area (Å²) in [6.45, 7) is 0.368. The lowest BCUT2D eigenvalue weighted by Crippen LogP contribution is -2.40. The minimum absolute atomic E-state index is 0.0390. The van der Waals surface area contributed by atoms with Gasteiger partial charge in [-0.3, -0.25) is 4.57 Å². The number of aromatic nitrogens is 3. The van der Waals surface area contributed by atoms with Crippen LogP contribution in [0, 0.1) is 5.82 Å². The lowest BCUT2D eigenvalue weighted by Gasteiger charge is -2.30. The summed E-state index contributed by atoms with van der Waals surface area (Å²) in [6.07, 6.45) is 2.05. The molecule has 1 N–H and O–H groups in total. The first-order chi connectivity index (χ1) is 16.9. The highest BCUT2D eigenvalue weighted by molar-refractivity contribution is 7.88. The van der Waals surface area contributed by atoms with Gasteiger partial charge in [-0.2, -0.15) is 26.6 Å². The number of halogens is 4. The Bertz CT molecular complexity index is 1440. The van der Waals surface area contributed by atoms with Crippen molar-refractivity contribution in [3.8, 4) is 5.75 Å². The van der Waals surface area contributed by atoms with Gasteiger partial charge in [0.2, 0.25) is 5.95 Å². The first kappa shape index (κ1) is 25.3. The van der Waals surface area contributed by atoms with Crippen LogP contribution in [0.4, 0.5) is 23.5 Å². The first-order valence-electron chi connectivity index (χ1n) is 10.3. The fraction of sp³-hybridized carbons (Fsp3) is 0.227. The van der Waals surface area contributed by atoms with E-state index in [2.05, 4.69) is 14.2 Å². The molecule has 1 aromatic heterocycles. The summed E-state index contributed by atoms with van der Waals surface area (Å²) in [5, 5.41) is 10.5. The average Bonchev–Trinajstić information content (AvgIpc) is 2.81. The van der Waals surface area contributed by atoms with Gasteiger partial charge in [-0.05, 0) is 41.0 Å². The van der Waals surface area contributed by atoms with Gasteiger partial charge in [0.15, 0.2) is 0 Å². The van der Waals surface area contributed by atoms with E-state index in [4.69, 9.17) is 0 Å². The lowest BCUT2D eigenvalue weighted by atomic mass is 9.97. The quantitative estimate of drug-likeness (QED) is 0.296. The van der Waals surface area contributed by atoms with E-state index in [1.54, 1.807) is 23.1 Å². The molecule has 0 fully saturated rings. The van der Waals surface area contributed by atoms with Crippen LogP contribution in [0.5, 0.6) is 5.75 Å². The normalized spacial score (nSPS) is 16.5. The lowest BCUT2D eigenvalue weighted by molar-refractivity contribution is -0.0500. The molecule has 190 valence electrons. The van der Waals surface area contributed by atoms with Crippen LogP contribution in [0.1, 0.15) is 11.1 Å². The van der Waals surface area contributed by atoms with E-state index in [0.29, 0.717) is 23.2 Å². The minimum atomic E-state index is -5.79. The summed E-state index contributed by atoms with van der Waals surface area (Å²) in [7, 11) is -5.79. The zero-order valence-electron chi connectivity index (χ0n) is 18.3. The second kappa shape index (κ2) is 9.70. The molecule has 2 heterocycles. The monoisotopic (exact) mass is 526 g/mol. The third-order valence-corrected chi connectivity index (χ3v) is 6.24. The number of alkyl halides is 3. The third kappa shape index (κ3) is 5.54. The Balaban J connectivity index is 1.44. The summed E-state index contributed by atoms with van der Waals surface area (Å²) >= 11 is 0. The van der Waals surface area contributed by atoms with Gasteiger partial charge in [0.05, 0.1) is 19.2 Å². The molecule has 14 heteroatoms. The highest BCUT2D eigenvalue weighted by Gasteiger charge is 2.48. The maximum atomic E-state index is 13.2. The Kier molecular flexibility index (Phi) is 6.82. The van der Waals surface area contributed by atoms with Crippen LogP contribution in [0.2, 0.25) is 0 Å². The Morgan fingerprint density at radius 1 is 1.08 bits per heavy atom. The van der Waals surface area contributed by atoms with Crippen molar-refractivity contribution in [2.75, 3.05) is 18.0 Å². The number of aliphatic hydroxyl groups excluding tert-OH is 1. The van der Waals surface area contributed by atoms with E-state index in [0.717, 1.165) is 16.7 Å². The van der Waals surface area contributed by atoms with Crippen molar-refractivity contribution in [1.82, 2.24) is 14.5 Å². The molecule has 1 atom stereocenters. The van der Waals surface area contributed by atoms with E-state index in [9.17, 15) is 35.9 Å². The molecular weight excluding hydrogens is 508 g/mol. The molecule has 1 aliphatic rings. The number of rotatable bonds is 6. The number of anilines is 1. The van der Waals surface area contributed by atoms with Crippen LogP contribution < -0.4 is 14.8 Å². The summed E-state index contributed by atoms with van der Waals surface area (Å²) in [5.41, 5.74) is -4.48. The van der Waals surface area contributed by atoms with Crippen LogP contribution in [0.15, 0.2) is 65.7 Å². The van der Waals surface area contributed by atoms with Crippen molar-refractivity contribution in [3.05, 3.63) is 88.4 Å². The van der Waals surface area contributed by atoms with Gasteiger partial charge in [0, 0.05) is 6.54 Å². The maximum Gasteiger partial charge on any atom is 0.534 e. The largest absolute Gasteiger partial charge is 0.534 e. The maximum absolute atomic E-state index is 13.2. The zero-order chi connectivity index (χ0) is 26.1. The van der Waals surface area contributed by atoms with Crippen LogP contribution in [0.25, 0.3) is 5.57 Å². The van der Waals surface area contributed by atoms with Gasteiger partial charge in [-0.25, -0.2) is 14.2 Å². The van der Waals surface area contributed by atoms with Gasteiger partial charge in [-0.15, -0.1) is 0 Å². The van der Waals surface area contributed by atoms with Gasteiger partial charge in [0.1, 0.15) is 17.9 Å². The Morgan fingerprint density at radius 2 is 1.75 bits per heavy atom. The predicted octanol–water partition coefficient (Wildman–Crippen LogP) is 2.32. The highest BCUT2D eigenvalue weighted by Crippen LogP contribution is 2.27. The SMILES string of the molecule is O=c1nc(N2CC=C(c3ccc(F)cc3)C(O)C2)ncn1Cc1ccc(OS(=O)(=O)C(F)(F)F)cc1. The Labute approximate surface area is 202 Å². The first-order valence-corrected chi connectivity index (χ1v) is 11.8. The third-order valence-electron chi connectivity index (χ3n) is 5.26. The molecule has 1 unspecified atom stereocenters. The molecular formula is C22H18F4N4O5S. The molecule has 0 spiro atoms. The summed E-state index contributed by atoms with van der Waals surface area (Å²) in [5.74, 6) is -0.837. The van der Waals surface area contributed by atoms with E-state index >= 15 is 0 Å². The second-order valence-corrected chi connectivity index (χ2v) is 9.32. The van der Waals surface area contributed by atoms with Crippen molar-refractivity contribution < 1.29 is 35.3 Å². The summed E-state index contributed by atoms with van der Waals surface area (Å²) < 4.78 is 77.8. The number of benzene rings is 2. The van der Waals surface area contributed by atoms with Crippen molar-refractivity contribution >= 4 is 21.6 Å². The van der Waals surface area contributed by atoms with E-state index in [1.165, 1.54) is 30.6 Å². The molecule has 2 aromatic carbocycles. The van der Waals surface area contributed by atoms with Gasteiger partial charge in [0.25, 0.3) is 0 Å².